The van der Waals surface area contributed by atoms with Gasteiger partial charge in [-0.15, -0.1) is 0 Å². The predicted molar refractivity (Wildman–Crippen MR) is 147 cm³/mol. The van der Waals surface area contributed by atoms with Crippen molar-refractivity contribution in [1.82, 2.24) is 15.3 Å². The summed E-state index contributed by atoms with van der Waals surface area (Å²) >= 11 is 0. The largest absolute Gasteiger partial charge is 0.455 e. The van der Waals surface area contributed by atoms with Gasteiger partial charge in [0.1, 0.15) is 34.6 Å². The van der Waals surface area contributed by atoms with Crippen LogP contribution in [0.3, 0.4) is 0 Å². The standard InChI is InChI=1S/C32H24F3N3O3/c1-17-22(14-19(15-23(17)34)24(39)16-32(10-11-32)31-37-12-3-13-38-31)21-8-9-25-26(28(21)35)27(30(40)36-2)29(41-25)18-4-6-20(33)7-5-18/h3-9,12-15H,10-11,16H2,1-2H3,(H,36,40). The van der Waals surface area contributed by atoms with Gasteiger partial charge in [-0.3, -0.25) is 9.59 Å². The first kappa shape index (κ1) is 26.4. The number of benzene rings is 3. The van der Waals surface area contributed by atoms with E-state index in [1.165, 1.54) is 62.5 Å². The van der Waals surface area contributed by atoms with Crippen molar-refractivity contribution in [2.75, 3.05) is 7.05 Å². The van der Waals surface area contributed by atoms with Crippen LogP contribution in [-0.2, 0) is 5.41 Å². The van der Waals surface area contributed by atoms with Gasteiger partial charge >= 0.3 is 0 Å². The van der Waals surface area contributed by atoms with Gasteiger partial charge in [0, 0.05) is 48.0 Å². The number of nitrogens with zero attached hydrogens (tertiary/aromatic N) is 2. The second kappa shape index (κ2) is 9.99. The predicted octanol–water partition coefficient (Wildman–Crippen LogP) is 6.95. The zero-order valence-corrected chi connectivity index (χ0v) is 22.2. The number of carbonyl (C=O) groups is 2. The van der Waals surface area contributed by atoms with Crippen LogP contribution >= 0.6 is 0 Å². The molecule has 9 heteroatoms. The number of Topliss-reactive ketones (excluding diaryl/α,β-unsaturated/α-hetero) is 1. The number of halogens is 3. The van der Waals surface area contributed by atoms with Gasteiger partial charge < -0.3 is 9.73 Å². The Balaban J connectivity index is 1.45. The molecular weight excluding hydrogens is 531 g/mol. The van der Waals surface area contributed by atoms with Crippen molar-refractivity contribution < 1.29 is 27.2 Å². The van der Waals surface area contributed by atoms with Crippen molar-refractivity contribution in [2.45, 2.75) is 31.6 Å². The van der Waals surface area contributed by atoms with Crippen molar-refractivity contribution in [1.29, 1.82) is 0 Å². The minimum atomic E-state index is -0.804. The molecule has 2 aromatic heterocycles. The lowest BCUT2D eigenvalue weighted by Gasteiger charge is -2.15. The molecule has 3 aromatic carbocycles. The highest BCUT2D eigenvalue weighted by atomic mass is 19.1. The molecule has 5 aromatic rings. The molecule has 0 atom stereocenters. The number of ketones is 1. The first-order valence-corrected chi connectivity index (χ1v) is 13.1. The highest BCUT2D eigenvalue weighted by Gasteiger charge is 2.48. The van der Waals surface area contributed by atoms with Crippen molar-refractivity contribution >= 4 is 22.7 Å². The summed E-state index contributed by atoms with van der Waals surface area (Å²) in [7, 11) is 1.40. The van der Waals surface area contributed by atoms with Crippen molar-refractivity contribution in [3.05, 3.63) is 107 Å². The second-order valence-corrected chi connectivity index (χ2v) is 10.3. The Labute approximate surface area is 233 Å². The average molecular weight is 556 g/mol. The van der Waals surface area contributed by atoms with Crippen LogP contribution in [0.25, 0.3) is 33.4 Å². The van der Waals surface area contributed by atoms with Gasteiger partial charge in [0.25, 0.3) is 5.91 Å². The van der Waals surface area contributed by atoms with E-state index in [0.29, 0.717) is 11.4 Å². The van der Waals surface area contributed by atoms with E-state index in [1.54, 1.807) is 18.5 Å². The van der Waals surface area contributed by atoms with Gasteiger partial charge in [-0.1, -0.05) is 0 Å². The van der Waals surface area contributed by atoms with Crippen LogP contribution < -0.4 is 5.32 Å². The quantitative estimate of drug-likeness (QED) is 0.220. The van der Waals surface area contributed by atoms with Crippen LogP contribution in [0.1, 0.15) is 51.4 Å². The molecule has 1 fully saturated rings. The van der Waals surface area contributed by atoms with E-state index in [2.05, 4.69) is 15.3 Å². The molecule has 1 aliphatic carbocycles. The lowest BCUT2D eigenvalue weighted by molar-refractivity contribution is 0.0958. The second-order valence-electron chi connectivity index (χ2n) is 10.3. The first-order chi connectivity index (χ1) is 19.7. The zero-order valence-electron chi connectivity index (χ0n) is 22.2. The minimum Gasteiger partial charge on any atom is -0.455 e. The molecule has 1 aliphatic rings. The van der Waals surface area contributed by atoms with Gasteiger partial charge in [-0.25, -0.2) is 23.1 Å². The van der Waals surface area contributed by atoms with E-state index in [4.69, 9.17) is 4.42 Å². The molecule has 0 aliphatic heterocycles. The molecule has 41 heavy (non-hydrogen) atoms. The minimum absolute atomic E-state index is 0.00712. The molecule has 0 saturated heterocycles. The molecule has 1 N–H and O–H groups in total. The van der Waals surface area contributed by atoms with E-state index in [0.717, 1.165) is 12.8 Å². The Morgan fingerprint density at radius 1 is 0.976 bits per heavy atom. The Bertz CT molecular complexity index is 1830. The van der Waals surface area contributed by atoms with Crippen molar-refractivity contribution in [3.8, 4) is 22.5 Å². The van der Waals surface area contributed by atoms with E-state index in [1.807, 2.05) is 0 Å². The van der Waals surface area contributed by atoms with E-state index >= 15 is 8.78 Å². The van der Waals surface area contributed by atoms with E-state index < -0.39 is 28.8 Å². The highest BCUT2D eigenvalue weighted by molar-refractivity contribution is 6.12. The summed E-state index contributed by atoms with van der Waals surface area (Å²) in [6.07, 6.45) is 4.84. The molecule has 206 valence electrons. The maximum absolute atomic E-state index is 16.3. The van der Waals surface area contributed by atoms with Crippen LogP contribution in [0.5, 0.6) is 0 Å². The van der Waals surface area contributed by atoms with Crippen LogP contribution in [-0.4, -0.2) is 28.7 Å². The summed E-state index contributed by atoms with van der Waals surface area (Å²) in [5.41, 5.74) is 0.360. The number of furan rings is 1. The first-order valence-electron chi connectivity index (χ1n) is 13.1. The van der Waals surface area contributed by atoms with Crippen molar-refractivity contribution in [2.24, 2.45) is 0 Å². The monoisotopic (exact) mass is 555 g/mol. The van der Waals surface area contributed by atoms with E-state index in [-0.39, 0.29) is 56.8 Å². The van der Waals surface area contributed by atoms with Gasteiger partial charge in [-0.2, -0.15) is 0 Å². The fourth-order valence-corrected chi connectivity index (χ4v) is 5.24. The summed E-state index contributed by atoms with van der Waals surface area (Å²) in [5.74, 6) is -2.20. The molecule has 0 spiro atoms. The average Bonchev–Trinajstić information content (AvgIpc) is 3.66. The molecule has 1 saturated carbocycles. The van der Waals surface area contributed by atoms with Gasteiger partial charge in [0.15, 0.2) is 5.78 Å². The van der Waals surface area contributed by atoms with Gasteiger partial charge in [0.2, 0.25) is 0 Å². The summed E-state index contributed by atoms with van der Waals surface area (Å²) in [6.45, 7) is 1.50. The van der Waals surface area contributed by atoms with Crippen LogP contribution in [0.4, 0.5) is 13.2 Å². The summed E-state index contributed by atoms with van der Waals surface area (Å²) < 4.78 is 51.0. The number of hydrogen-bond acceptors (Lipinski definition) is 5. The summed E-state index contributed by atoms with van der Waals surface area (Å²) in [6, 6.07) is 12.6. The van der Waals surface area contributed by atoms with Crippen LogP contribution in [0.2, 0.25) is 0 Å². The maximum Gasteiger partial charge on any atom is 0.255 e. The lowest BCUT2D eigenvalue weighted by atomic mass is 9.90. The van der Waals surface area contributed by atoms with Gasteiger partial charge in [0.05, 0.1) is 10.9 Å². The highest BCUT2D eigenvalue weighted by Crippen LogP contribution is 2.50. The molecule has 0 radical (unpaired) electrons. The molecule has 6 nitrogen and oxygen atoms in total. The molecule has 6 rings (SSSR count). The Morgan fingerprint density at radius 2 is 1.68 bits per heavy atom. The number of hydrogen-bond donors (Lipinski definition) is 1. The summed E-state index contributed by atoms with van der Waals surface area (Å²) in [5, 5.41) is 2.40. The van der Waals surface area contributed by atoms with Crippen LogP contribution in [0.15, 0.2) is 71.4 Å². The third-order valence-electron chi connectivity index (χ3n) is 7.70. The molecular formula is C32H24F3N3O3. The fourth-order valence-electron chi connectivity index (χ4n) is 5.24. The number of carbonyl (C=O) groups excluding carboxylic acids is 2. The zero-order chi connectivity index (χ0) is 28.9. The fraction of sp³-hybridized carbons (Fsp3) is 0.188. The Kier molecular flexibility index (Phi) is 6.44. The number of nitrogens with one attached hydrogen (secondary N) is 1. The van der Waals surface area contributed by atoms with Gasteiger partial charge in [-0.05, 0) is 85.5 Å². The maximum atomic E-state index is 16.3. The van der Waals surface area contributed by atoms with Crippen molar-refractivity contribution in [3.63, 3.8) is 0 Å². The number of aromatic nitrogens is 2. The summed E-state index contributed by atoms with van der Waals surface area (Å²) in [4.78, 5) is 34.9. The smallest absolute Gasteiger partial charge is 0.255 e. The van der Waals surface area contributed by atoms with E-state index in [9.17, 15) is 14.0 Å². The molecule has 0 unspecified atom stereocenters. The number of fused-ring (bicyclic) bond motifs is 1. The topological polar surface area (TPSA) is 85.1 Å². The Morgan fingerprint density at radius 3 is 2.34 bits per heavy atom. The number of rotatable bonds is 7. The SMILES string of the molecule is CNC(=O)c1c(-c2ccc(F)cc2)oc2ccc(-c3cc(C(=O)CC4(c5ncccn5)CC4)cc(F)c3C)c(F)c12. The Hall–Kier alpha value is -4.79. The molecule has 1 amide bonds. The third kappa shape index (κ3) is 4.57. The lowest BCUT2D eigenvalue weighted by Crippen LogP contribution is -2.18. The molecule has 0 bridgehead atoms. The third-order valence-corrected chi connectivity index (χ3v) is 7.70. The van der Waals surface area contributed by atoms with Crippen LogP contribution in [0, 0.1) is 24.4 Å². The molecule has 2 heterocycles. The number of amides is 1. The normalized spacial score (nSPS) is 13.8.